The molecule has 3 aromatic rings. The van der Waals surface area contributed by atoms with Gasteiger partial charge in [0, 0.05) is 35.5 Å². The van der Waals surface area contributed by atoms with Gasteiger partial charge in [-0.15, -0.1) is 11.3 Å². The van der Waals surface area contributed by atoms with Gasteiger partial charge in [-0.1, -0.05) is 12.1 Å². The van der Waals surface area contributed by atoms with Crippen LogP contribution >= 0.6 is 27.3 Å². The van der Waals surface area contributed by atoms with Gasteiger partial charge in [0.1, 0.15) is 11.0 Å². The van der Waals surface area contributed by atoms with Gasteiger partial charge in [0.25, 0.3) is 5.91 Å². The quantitative estimate of drug-likeness (QED) is 0.391. The molecule has 0 bridgehead atoms. The van der Waals surface area contributed by atoms with E-state index in [0.29, 0.717) is 24.2 Å². The number of benzene rings is 1. The molecule has 1 aromatic carbocycles. The number of thiazole rings is 1. The molecular formula is C21H17BrN6OS. The Morgan fingerprint density at radius 2 is 2.27 bits per heavy atom. The molecule has 2 aliphatic rings. The van der Waals surface area contributed by atoms with Crippen LogP contribution in [0.15, 0.2) is 64.7 Å². The average Bonchev–Trinajstić information content (AvgIpc) is 3.42. The van der Waals surface area contributed by atoms with Crippen molar-refractivity contribution in [2.75, 3.05) is 6.54 Å². The number of dihydropyridines is 1. The van der Waals surface area contributed by atoms with Crippen LogP contribution in [-0.4, -0.2) is 38.5 Å². The second-order valence-electron chi connectivity index (χ2n) is 6.89. The van der Waals surface area contributed by atoms with Gasteiger partial charge in [-0.3, -0.25) is 4.79 Å². The summed E-state index contributed by atoms with van der Waals surface area (Å²) in [7, 11) is 0. The van der Waals surface area contributed by atoms with Crippen molar-refractivity contribution < 1.29 is 4.79 Å². The van der Waals surface area contributed by atoms with E-state index in [1.807, 2.05) is 30.4 Å². The fourth-order valence-corrected chi connectivity index (χ4v) is 5.46. The Bertz CT molecular complexity index is 1250. The molecule has 1 atom stereocenters. The fraction of sp³-hybridized carbons (Fsp3) is 0.143. The number of aromatic nitrogens is 3. The highest BCUT2D eigenvalue weighted by Gasteiger charge is 2.37. The van der Waals surface area contributed by atoms with Crippen LogP contribution in [0.5, 0.6) is 0 Å². The number of para-hydroxylation sites is 1. The molecule has 150 valence electrons. The van der Waals surface area contributed by atoms with Crippen LogP contribution in [0.3, 0.4) is 0 Å². The zero-order valence-electron chi connectivity index (χ0n) is 15.7. The van der Waals surface area contributed by atoms with Crippen molar-refractivity contribution in [1.29, 1.82) is 5.41 Å². The lowest BCUT2D eigenvalue weighted by Crippen LogP contribution is -2.42. The Labute approximate surface area is 184 Å². The monoisotopic (exact) mass is 480 g/mol. The molecule has 0 saturated carbocycles. The van der Waals surface area contributed by atoms with Crippen molar-refractivity contribution in [3.63, 3.8) is 0 Å². The molecule has 7 nitrogen and oxygen atoms in total. The van der Waals surface area contributed by atoms with Crippen molar-refractivity contribution in [3.05, 3.63) is 81.1 Å². The van der Waals surface area contributed by atoms with Crippen LogP contribution in [-0.2, 0) is 11.2 Å². The van der Waals surface area contributed by atoms with Crippen molar-refractivity contribution in [3.8, 4) is 0 Å². The van der Waals surface area contributed by atoms with Crippen LogP contribution in [0.2, 0.25) is 0 Å². The summed E-state index contributed by atoms with van der Waals surface area (Å²) < 4.78 is 1.96. The number of aromatic amines is 1. The highest BCUT2D eigenvalue weighted by atomic mass is 79.9. The van der Waals surface area contributed by atoms with Crippen LogP contribution in [0, 0.1) is 5.41 Å². The van der Waals surface area contributed by atoms with E-state index in [1.54, 1.807) is 34.8 Å². The molecule has 2 aromatic heterocycles. The molecule has 1 amide bonds. The van der Waals surface area contributed by atoms with Crippen LogP contribution in [0.4, 0.5) is 0 Å². The molecule has 0 unspecified atom stereocenters. The van der Waals surface area contributed by atoms with Crippen LogP contribution < -0.4 is 5.32 Å². The minimum atomic E-state index is -0.407. The Hall–Kier alpha value is -3.04. The number of amides is 1. The van der Waals surface area contributed by atoms with E-state index in [9.17, 15) is 4.79 Å². The van der Waals surface area contributed by atoms with Crippen LogP contribution in [0.25, 0.3) is 10.2 Å². The first-order chi connectivity index (χ1) is 14.7. The summed E-state index contributed by atoms with van der Waals surface area (Å²) in [5, 5.41) is 11.7. The molecule has 5 rings (SSSR count). The third-order valence-corrected chi connectivity index (χ3v) is 6.89. The van der Waals surface area contributed by atoms with E-state index in [1.165, 1.54) is 0 Å². The summed E-state index contributed by atoms with van der Waals surface area (Å²) in [5.74, 6) is -0.218. The Balaban J connectivity index is 1.62. The molecule has 3 N–H and O–H groups in total. The average molecular weight is 481 g/mol. The molecule has 0 saturated heterocycles. The van der Waals surface area contributed by atoms with Crippen molar-refractivity contribution in [2.24, 2.45) is 0 Å². The van der Waals surface area contributed by atoms with Gasteiger partial charge < -0.3 is 20.6 Å². The number of H-pyrrole nitrogens is 1. The minimum absolute atomic E-state index is 0.218. The van der Waals surface area contributed by atoms with Crippen molar-refractivity contribution >= 4 is 49.6 Å². The van der Waals surface area contributed by atoms with Gasteiger partial charge in [0.2, 0.25) is 0 Å². The summed E-state index contributed by atoms with van der Waals surface area (Å²) in [4.78, 5) is 27.9. The summed E-state index contributed by atoms with van der Waals surface area (Å²) in [6.07, 6.45) is 10.7. The molecule has 0 aliphatic carbocycles. The summed E-state index contributed by atoms with van der Waals surface area (Å²) in [5.41, 5.74) is 3.62. The number of hydrogen-bond donors (Lipinski definition) is 3. The summed E-state index contributed by atoms with van der Waals surface area (Å²) in [6, 6.07) is 5.55. The lowest BCUT2D eigenvalue weighted by molar-refractivity contribution is -0.128. The maximum absolute atomic E-state index is 13.6. The number of nitrogens with zero attached hydrogens (tertiary/aromatic N) is 3. The van der Waals surface area contributed by atoms with E-state index < -0.39 is 6.04 Å². The lowest BCUT2D eigenvalue weighted by Gasteiger charge is -2.34. The van der Waals surface area contributed by atoms with Gasteiger partial charge in [-0.2, -0.15) is 0 Å². The number of allylic oxidation sites excluding steroid dienone is 3. The highest BCUT2D eigenvalue weighted by Crippen LogP contribution is 2.39. The number of fused-ring (bicyclic) bond motifs is 2. The normalized spacial score (nSPS) is 19.5. The van der Waals surface area contributed by atoms with Crippen LogP contribution in [0.1, 0.15) is 22.4 Å². The number of carbonyl (C=O) groups excluding carboxylic acids is 1. The number of imidazole rings is 1. The van der Waals surface area contributed by atoms with Gasteiger partial charge >= 0.3 is 0 Å². The summed E-state index contributed by atoms with van der Waals surface area (Å²) in [6.45, 7) is 0.514. The third-order valence-electron chi connectivity index (χ3n) is 5.18. The standard InChI is InChI=1S/C21H17BrN6OS/c22-13-4-3-6-16-17(13)27-20(30-16)19-18-15(25-11-26-18)7-9-28(19)21(29)12(10-23)14-5-1-2-8-24-14/h1-6,8,10-11,19,23-24H,7,9H2,(H,25,26)/b14-12+,23-10?/t19-/m0/s1. The molecular weight excluding hydrogens is 464 g/mol. The first kappa shape index (κ1) is 19.0. The largest absolute Gasteiger partial charge is 0.361 e. The third kappa shape index (κ3) is 3.10. The van der Waals surface area contributed by atoms with Gasteiger partial charge in [0.05, 0.1) is 33.5 Å². The predicted molar refractivity (Wildman–Crippen MR) is 120 cm³/mol. The van der Waals surface area contributed by atoms with E-state index in [-0.39, 0.29) is 5.91 Å². The molecule has 30 heavy (non-hydrogen) atoms. The zero-order chi connectivity index (χ0) is 20.7. The second kappa shape index (κ2) is 7.66. The smallest absolute Gasteiger partial charge is 0.258 e. The number of hydrogen-bond acceptors (Lipinski definition) is 6. The number of halogens is 1. The fourth-order valence-electron chi connectivity index (χ4n) is 3.76. The van der Waals surface area contributed by atoms with E-state index in [4.69, 9.17) is 10.4 Å². The highest BCUT2D eigenvalue weighted by molar-refractivity contribution is 9.10. The lowest BCUT2D eigenvalue weighted by atomic mass is 10.0. The van der Waals surface area contributed by atoms with Crippen molar-refractivity contribution in [2.45, 2.75) is 12.5 Å². The first-order valence-corrected chi connectivity index (χ1v) is 11.0. The molecule has 4 heterocycles. The maximum atomic E-state index is 13.6. The van der Waals surface area contributed by atoms with E-state index >= 15 is 0 Å². The van der Waals surface area contributed by atoms with Gasteiger partial charge in [-0.25, -0.2) is 9.97 Å². The molecule has 0 fully saturated rings. The topological polar surface area (TPSA) is 97.8 Å². The molecule has 0 spiro atoms. The zero-order valence-corrected chi connectivity index (χ0v) is 18.1. The number of carbonyl (C=O) groups is 1. The summed E-state index contributed by atoms with van der Waals surface area (Å²) >= 11 is 5.13. The van der Waals surface area contributed by atoms with E-state index in [2.05, 4.69) is 31.2 Å². The predicted octanol–water partition coefficient (Wildman–Crippen LogP) is 3.83. The van der Waals surface area contributed by atoms with Gasteiger partial charge in [-0.05, 0) is 40.2 Å². The Kier molecular flexibility index (Phi) is 4.84. The SMILES string of the molecule is N=C/C(C(=O)N1CCc2[nH]cnc2[C@H]1c1nc2c(Br)cccc2s1)=C1/C=CC=CN1. The van der Waals surface area contributed by atoms with E-state index in [0.717, 1.165) is 37.3 Å². The number of rotatable bonds is 3. The van der Waals surface area contributed by atoms with Gasteiger partial charge in [0.15, 0.2) is 0 Å². The molecule has 2 aliphatic heterocycles. The first-order valence-electron chi connectivity index (χ1n) is 9.40. The number of nitrogens with one attached hydrogen (secondary N) is 3. The maximum Gasteiger partial charge on any atom is 0.258 e. The molecule has 0 radical (unpaired) electrons. The van der Waals surface area contributed by atoms with Crippen molar-refractivity contribution in [1.82, 2.24) is 25.2 Å². The second-order valence-corrected chi connectivity index (χ2v) is 8.81. The Morgan fingerprint density at radius 1 is 1.37 bits per heavy atom. The molecule has 9 heteroatoms. The minimum Gasteiger partial charge on any atom is -0.361 e. The Morgan fingerprint density at radius 3 is 3.03 bits per heavy atom.